The Bertz CT molecular complexity index is 297. The van der Waals surface area contributed by atoms with Crippen LogP contribution in [0.5, 0.6) is 0 Å². The van der Waals surface area contributed by atoms with Gasteiger partial charge in [-0.3, -0.25) is 0 Å². The lowest BCUT2D eigenvalue weighted by Crippen LogP contribution is -2.34. The first-order valence-corrected chi connectivity index (χ1v) is 5.79. The van der Waals surface area contributed by atoms with Crippen LogP contribution >= 0.6 is 0 Å². The van der Waals surface area contributed by atoms with E-state index in [1.165, 1.54) is 24.9 Å². The SMILES string of the molecule is CN(CC1CCCC1N)c1ccccc1. The number of nitrogens with two attached hydrogens (primary N) is 1. The molecule has 0 aromatic heterocycles. The number of hydrogen-bond donors (Lipinski definition) is 1. The van der Waals surface area contributed by atoms with E-state index < -0.39 is 0 Å². The highest BCUT2D eigenvalue weighted by atomic mass is 15.1. The zero-order valence-corrected chi connectivity index (χ0v) is 9.39. The molecule has 2 nitrogen and oxygen atoms in total. The lowest BCUT2D eigenvalue weighted by molar-refractivity contribution is 0.482. The van der Waals surface area contributed by atoms with E-state index in [1.54, 1.807) is 0 Å². The monoisotopic (exact) mass is 204 g/mol. The Morgan fingerprint density at radius 1 is 1.27 bits per heavy atom. The molecule has 1 aromatic carbocycles. The second kappa shape index (κ2) is 4.67. The van der Waals surface area contributed by atoms with Gasteiger partial charge in [-0.15, -0.1) is 0 Å². The van der Waals surface area contributed by atoms with Gasteiger partial charge in [-0.1, -0.05) is 24.6 Å². The lowest BCUT2D eigenvalue weighted by Gasteiger charge is -2.25. The summed E-state index contributed by atoms with van der Waals surface area (Å²) in [6.07, 6.45) is 3.79. The van der Waals surface area contributed by atoms with E-state index in [0.29, 0.717) is 12.0 Å². The molecule has 1 aliphatic rings. The van der Waals surface area contributed by atoms with Crippen LogP contribution in [0.15, 0.2) is 30.3 Å². The van der Waals surface area contributed by atoms with Crippen molar-refractivity contribution >= 4 is 5.69 Å². The quantitative estimate of drug-likeness (QED) is 0.818. The first-order chi connectivity index (χ1) is 7.27. The molecule has 15 heavy (non-hydrogen) atoms. The molecule has 2 rings (SSSR count). The van der Waals surface area contributed by atoms with Gasteiger partial charge in [0.05, 0.1) is 0 Å². The molecule has 0 saturated heterocycles. The van der Waals surface area contributed by atoms with E-state index in [-0.39, 0.29) is 0 Å². The molecule has 0 heterocycles. The summed E-state index contributed by atoms with van der Waals surface area (Å²) < 4.78 is 0. The van der Waals surface area contributed by atoms with Crippen LogP contribution in [0.2, 0.25) is 0 Å². The fourth-order valence-electron chi connectivity index (χ4n) is 2.43. The topological polar surface area (TPSA) is 29.3 Å². The normalized spacial score (nSPS) is 25.5. The molecule has 0 radical (unpaired) electrons. The highest BCUT2D eigenvalue weighted by molar-refractivity contribution is 5.45. The van der Waals surface area contributed by atoms with Crippen LogP contribution in [0.25, 0.3) is 0 Å². The second-order valence-corrected chi connectivity index (χ2v) is 4.57. The molecule has 0 spiro atoms. The van der Waals surface area contributed by atoms with Crippen molar-refractivity contribution in [1.82, 2.24) is 0 Å². The zero-order valence-electron chi connectivity index (χ0n) is 9.39. The first-order valence-electron chi connectivity index (χ1n) is 5.79. The molecule has 1 aromatic rings. The van der Waals surface area contributed by atoms with Crippen LogP contribution in [0.3, 0.4) is 0 Å². The molecule has 2 N–H and O–H groups in total. The van der Waals surface area contributed by atoms with Gasteiger partial charge in [-0.05, 0) is 30.9 Å². The molecule has 0 amide bonds. The van der Waals surface area contributed by atoms with Crippen LogP contribution in [0.1, 0.15) is 19.3 Å². The van der Waals surface area contributed by atoms with Gasteiger partial charge in [0.15, 0.2) is 0 Å². The summed E-state index contributed by atoms with van der Waals surface area (Å²) in [7, 11) is 2.15. The van der Waals surface area contributed by atoms with Crippen LogP contribution in [0.4, 0.5) is 5.69 Å². The fourth-order valence-corrected chi connectivity index (χ4v) is 2.43. The van der Waals surface area contributed by atoms with Crippen molar-refractivity contribution in [2.45, 2.75) is 25.3 Å². The van der Waals surface area contributed by atoms with Crippen LogP contribution in [-0.4, -0.2) is 19.6 Å². The lowest BCUT2D eigenvalue weighted by atomic mass is 10.0. The Labute approximate surface area is 92.1 Å². The summed E-state index contributed by atoms with van der Waals surface area (Å²) in [4.78, 5) is 2.32. The van der Waals surface area contributed by atoms with E-state index >= 15 is 0 Å². The molecule has 1 fully saturated rings. The minimum Gasteiger partial charge on any atom is -0.374 e. The summed E-state index contributed by atoms with van der Waals surface area (Å²) in [6, 6.07) is 10.9. The standard InChI is InChI=1S/C13H20N2/c1-15(12-7-3-2-4-8-12)10-11-6-5-9-13(11)14/h2-4,7-8,11,13H,5-6,9-10,14H2,1H3. The Morgan fingerprint density at radius 2 is 2.00 bits per heavy atom. The van der Waals surface area contributed by atoms with Gasteiger partial charge in [0, 0.05) is 25.3 Å². The van der Waals surface area contributed by atoms with Crippen molar-refractivity contribution in [3.63, 3.8) is 0 Å². The van der Waals surface area contributed by atoms with E-state index in [0.717, 1.165) is 6.54 Å². The van der Waals surface area contributed by atoms with Gasteiger partial charge in [0.2, 0.25) is 0 Å². The summed E-state index contributed by atoms with van der Waals surface area (Å²) in [5.41, 5.74) is 7.37. The predicted molar refractivity (Wildman–Crippen MR) is 65.0 cm³/mol. The number of anilines is 1. The smallest absolute Gasteiger partial charge is 0.0363 e. The molecule has 0 bridgehead atoms. The molecular formula is C13H20N2. The molecule has 2 atom stereocenters. The zero-order chi connectivity index (χ0) is 10.7. The molecule has 82 valence electrons. The number of para-hydroxylation sites is 1. The third-order valence-electron chi connectivity index (χ3n) is 3.42. The van der Waals surface area contributed by atoms with E-state index in [1.807, 2.05) is 0 Å². The van der Waals surface area contributed by atoms with Crippen LogP contribution in [0, 0.1) is 5.92 Å². The first kappa shape index (κ1) is 10.5. The van der Waals surface area contributed by atoms with E-state index in [4.69, 9.17) is 5.73 Å². The number of nitrogens with zero attached hydrogens (tertiary/aromatic N) is 1. The summed E-state index contributed by atoms with van der Waals surface area (Å²) in [5.74, 6) is 0.676. The largest absolute Gasteiger partial charge is 0.374 e. The molecule has 1 saturated carbocycles. The van der Waals surface area contributed by atoms with E-state index in [9.17, 15) is 0 Å². The van der Waals surface area contributed by atoms with E-state index in [2.05, 4.69) is 42.3 Å². The number of benzene rings is 1. The Hall–Kier alpha value is -1.02. The minimum absolute atomic E-state index is 0.413. The average Bonchev–Trinajstić information content (AvgIpc) is 2.66. The van der Waals surface area contributed by atoms with Gasteiger partial charge >= 0.3 is 0 Å². The van der Waals surface area contributed by atoms with Crippen LogP contribution < -0.4 is 10.6 Å². The maximum Gasteiger partial charge on any atom is 0.0363 e. The van der Waals surface area contributed by atoms with Gasteiger partial charge in [0.1, 0.15) is 0 Å². The minimum atomic E-state index is 0.413. The average molecular weight is 204 g/mol. The summed E-state index contributed by atoms with van der Waals surface area (Å²) in [5, 5.41) is 0. The third-order valence-corrected chi connectivity index (χ3v) is 3.42. The fraction of sp³-hybridized carbons (Fsp3) is 0.538. The van der Waals surface area contributed by atoms with Gasteiger partial charge < -0.3 is 10.6 Å². The number of hydrogen-bond acceptors (Lipinski definition) is 2. The highest BCUT2D eigenvalue weighted by Crippen LogP contribution is 2.26. The number of rotatable bonds is 3. The van der Waals surface area contributed by atoms with Gasteiger partial charge in [0.25, 0.3) is 0 Å². The van der Waals surface area contributed by atoms with Crippen LogP contribution in [-0.2, 0) is 0 Å². The molecule has 0 aliphatic heterocycles. The second-order valence-electron chi connectivity index (χ2n) is 4.57. The van der Waals surface area contributed by atoms with Gasteiger partial charge in [-0.2, -0.15) is 0 Å². The predicted octanol–water partition coefficient (Wildman–Crippen LogP) is 2.25. The molecule has 1 aliphatic carbocycles. The highest BCUT2D eigenvalue weighted by Gasteiger charge is 2.24. The molecule has 2 unspecified atom stereocenters. The van der Waals surface area contributed by atoms with Crippen molar-refractivity contribution in [3.05, 3.63) is 30.3 Å². The third kappa shape index (κ3) is 2.51. The van der Waals surface area contributed by atoms with Crippen molar-refractivity contribution in [2.75, 3.05) is 18.5 Å². The summed E-state index contributed by atoms with van der Waals surface area (Å²) in [6.45, 7) is 1.09. The Kier molecular flexibility index (Phi) is 3.27. The van der Waals surface area contributed by atoms with Crippen molar-refractivity contribution < 1.29 is 0 Å². The van der Waals surface area contributed by atoms with Crippen molar-refractivity contribution in [2.24, 2.45) is 11.7 Å². The Morgan fingerprint density at radius 3 is 2.60 bits per heavy atom. The van der Waals surface area contributed by atoms with Crippen molar-refractivity contribution in [3.8, 4) is 0 Å². The maximum atomic E-state index is 6.08. The maximum absolute atomic E-state index is 6.08. The molecular weight excluding hydrogens is 184 g/mol. The van der Waals surface area contributed by atoms with Crippen molar-refractivity contribution in [1.29, 1.82) is 0 Å². The Balaban J connectivity index is 1.95. The van der Waals surface area contributed by atoms with Gasteiger partial charge in [-0.25, -0.2) is 0 Å². The summed E-state index contributed by atoms with van der Waals surface area (Å²) >= 11 is 0. The molecule has 2 heteroatoms.